The van der Waals surface area contributed by atoms with E-state index in [4.69, 9.17) is 9.15 Å². The number of nitrogens with zero attached hydrogens (tertiary/aromatic N) is 1. The lowest BCUT2D eigenvalue weighted by molar-refractivity contribution is 0.0288. The Balaban J connectivity index is 1.78. The van der Waals surface area contributed by atoms with Gasteiger partial charge < -0.3 is 19.4 Å². The second-order valence-corrected chi connectivity index (χ2v) is 6.97. The first kappa shape index (κ1) is 16.9. The highest BCUT2D eigenvalue weighted by Gasteiger charge is 2.30. The maximum Gasteiger partial charge on any atom is 0.410 e. The van der Waals surface area contributed by atoms with Crippen molar-refractivity contribution in [2.45, 2.75) is 52.2 Å². The summed E-state index contributed by atoms with van der Waals surface area (Å²) in [5.41, 5.74) is -0.431. The van der Waals surface area contributed by atoms with Crippen LogP contribution in [-0.2, 0) is 4.74 Å². The smallest absolute Gasteiger partial charge is 0.410 e. The zero-order chi connectivity index (χ0) is 16.2. The Morgan fingerprint density at radius 1 is 1.55 bits per heavy atom. The number of likely N-dealkylation sites (tertiary alicyclic amines) is 1. The van der Waals surface area contributed by atoms with Crippen molar-refractivity contribution >= 4 is 6.09 Å². The molecule has 1 N–H and O–H groups in total. The van der Waals surface area contributed by atoms with Crippen LogP contribution in [0.3, 0.4) is 0 Å². The van der Waals surface area contributed by atoms with E-state index in [1.165, 1.54) is 0 Å². The van der Waals surface area contributed by atoms with Crippen molar-refractivity contribution in [3.05, 3.63) is 24.2 Å². The lowest BCUT2D eigenvalue weighted by atomic mass is 10.1. The Morgan fingerprint density at radius 3 is 2.91 bits per heavy atom. The van der Waals surface area contributed by atoms with Crippen molar-refractivity contribution < 1.29 is 13.9 Å². The summed E-state index contributed by atoms with van der Waals surface area (Å²) in [7, 11) is 0. The van der Waals surface area contributed by atoms with E-state index in [-0.39, 0.29) is 12.1 Å². The summed E-state index contributed by atoms with van der Waals surface area (Å²) in [4.78, 5) is 13.9. The van der Waals surface area contributed by atoms with E-state index in [1.54, 1.807) is 6.26 Å². The number of rotatable bonds is 5. The average molecular weight is 308 g/mol. The van der Waals surface area contributed by atoms with Crippen LogP contribution in [0.5, 0.6) is 0 Å². The van der Waals surface area contributed by atoms with Crippen molar-refractivity contribution in [1.29, 1.82) is 0 Å². The number of hydrogen-bond acceptors (Lipinski definition) is 4. The molecule has 2 rings (SSSR count). The van der Waals surface area contributed by atoms with Crippen LogP contribution in [0, 0.1) is 5.92 Å². The SMILES string of the molecule is CCC(NCC1CCN(C(=O)OC(C)(C)C)C1)c1ccco1. The van der Waals surface area contributed by atoms with E-state index in [0.717, 1.165) is 38.2 Å². The highest BCUT2D eigenvalue weighted by atomic mass is 16.6. The third-order valence-corrected chi connectivity index (χ3v) is 3.89. The quantitative estimate of drug-likeness (QED) is 0.903. The van der Waals surface area contributed by atoms with Gasteiger partial charge in [-0.15, -0.1) is 0 Å². The van der Waals surface area contributed by atoms with Gasteiger partial charge in [0.25, 0.3) is 0 Å². The fraction of sp³-hybridized carbons (Fsp3) is 0.706. The molecule has 5 heteroatoms. The fourth-order valence-corrected chi connectivity index (χ4v) is 2.74. The maximum atomic E-state index is 12.1. The van der Waals surface area contributed by atoms with E-state index in [1.807, 2.05) is 37.8 Å². The zero-order valence-electron chi connectivity index (χ0n) is 14.1. The molecule has 2 heterocycles. The van der Waals surface area contributed by atoms with Gasteiger partial charge in [-0.25, -0.2) is 4.79 Å². The van der Waals surface area contributed by atoms with Gasteiger partial charge in [0.05, 0.1) is 12.3 Å². The predicted molar refractivity (Wildman–Crippen MR) is 85.7 cm³/mol. The molecule has 22 heavy (non-hydrogen) atoms. The van der Waals surface area contributed by atoms with Crippen LogP contribution >= 0.6 is 0 Å². The van der Waals surface area contributed by atoms with Gasteiger partial charge >= 0.3 is 6.09 Å². The minimum atomic E-state index is -0.431. The van der Waals surface area contributed by atoms with Crippen LogP contribution in [-0.4, -0.2) is 36.2 Å². The van der Waals surface area contributed by atoms with Gasteiger partial charge in [-0.2, -0.15) is 0 Å². The van der Waals surface area contributed by atoms with E-state index >= 15 is 0 Å². The van der Waals surface area contributed by atoms with Crippen LogP contribution in [0.2, 0.25) is 0 Å². The molecule has 2 atom stereocenters. The Bertz CT molecular complexity index is 465. The molecule has 0 spiro atoms. The van der Waals surface area contributed by atoms with E-state index in [9.17, 15) is 4.79 Å². The topological polar surface area (TPSA) is 54.7 Å². The molecule has 1 fully saturated rings. The number of nitrogens with one attached hydrogen (secondary N) is 1. The molecule has 1 saturated heterocycles. The Hall–Kier alpha value is -1.49. The van der Waals surface area contributed by atoms with Crippen LogP contribution in [0.1, 0.15) is 52.3 Å². The number of ether oxygens (including phenoxy) is 1. The van der Waals surface area contributed by atoms with Crippen molar-refractivity contribution in [2.75, 3.05) is 19.6 Å². The second kappa shape index (κ2) is 7.18. The molecule has 1 aliphatic heterocycles. The van der Waals surface area contributed by atoms with E-state index < -0.39 is 5.60 Å². The van der Waals surface area contributed by atoms with Gasteiger partial charge in [0.2, 0.25) is 0 Å². The lowest BCUT2D eigenvalue weighted by Gasteiger charge is -2.24. The van der Waals surface area contributed by atoms with E-state index in [2.05, 4.69) is 12.2 Å². The standard InChI is InChI=1S/C17H28N2O3/c1-5-14(15-7-6-10-21-15)18-11-13-8-9-19(12-13)16(20)22-17(2,3)4/h6-7,10,13-14,18H,5,8-9,11-12H2,1-4H3. The minimum absolute atomic E-state index is 0.201. The summed E-state index contributed by atoms with van der Waals surface area (Å²) in [6.45, 7) is 10.3. The molecule has 1 aliphatic rings. The second-order valence-electron chi connectivity index (χ2n) is 6.97. The molecular weight excluding hydrogens is 280 g/mol. The Labute approximate surface area is 133 Å². The number of amides is 1. The highest BCUT2D eigenvalue weighted by Crippen LogP contribution is 2.21. The van der Waals surface area contributed by atoms with Gasteiger partial charge in [-0.05, 0) is 51.7 Å². The van der Waals surface area contributed by atoms with Crippen molar-refractivity contribution in [1.82, 2.24) is 10.2 Å². The van der Waals surface area contributed by atoms with Crippen LogP contribution in [0.15, 0.2) is 22.8 Å². The summed E-state index contributed by atoms with van der Waals surface area (Å²) in [6, 6.07) is 4.16. The fourth-order valence-electron chi connectivity index (χ4n) is 2.74. The van der Waals surface area contributed by atoms with Crippen molar-refractivity contribution in [3.8, 4) is 0 Å². The first-order valence-electron chi connectivity index (χ1n) is 8.13. The number of carbonyl (C=O) groups excluding carboxylic acids is 1. The third-order valence-electron chi connectivity index (χ3n) is 3.89. The molecule has 2 unspecified atom stereocenters. The van der Waals surface area contributed by atoms with Gasteiger partial charge in [0.1, 0.15) is 11.4 Å². The highest BCUT2D eigenvalue weighted by molar-refractivity contribution is 5.68. The van der Waals surface area contributed by atoms with Gasteiger partial charge in [0.15, 0.2) is 0 Å². The summed E-state index contributed by atoms with van der Waals surface area (Å²) in [5, 5.41) is 3.55. The Morgan fingerprint density at radius 2 is 2.32 bits per heavy atom. The van der Waals surface area contributed by atoms with Crippen LogP contribution < -0.4 is 5.32 Å². The first-order valence-corrected chi connectivity index (χ1v) is 8.13. The molecule has 0 aliphatic carbocycles. The number of hydrogen-bond donors (Lipinski definition) is 1. The van der Waals surface area contributed by atoms with E-state index in [0.29, 0.717) is 5.92 Å². The molecule has 1 aromatic rings. The third kappa shape index (κ3) is 4.77. The molecule has 5 nitrogen and oxygen atoms in total. The molecule has 0 bridgehead atoms. The van der Waals surface area contributed by atoms with Crippen LogP contribution in [0.4, 0.5) is 4.79 Å². The molecule has 1 amide bonds. The molecule has 1 aromatic heterocycles. The van der Waals surface area contributed by atoms with Gasteiger partial charge in [-0.1, -0.05) is 6.92 Å². The summed E-state index contributed by atoms with van der Waals surface area (Å²) in [6.07, 6.45) is 3.50. The Kier molecular flexibility index (Phi) is 5.51. The monoisotopic (exact) mass is 308 g/mol. The average Bonchev–Trinajstić information content (AvgIpc) is 3.08. The summed E-state index contributed by atoms with van der Waals surface area (Å²) >= 11 is 0. The van der Waals surface area contributed by atoms with Gasteiger partial charge in [-0.3, -0.25) is 0 Å². The maximum absolute atomic E-state index is 12.1. The molecule has 0 aromatic carbocycles. The molecular formula is C17H28N2O3. The van der Waals surface area contributed by atoms with Crippen LogP contribution in [0.25, 0.3) is 0 Å². The molecule has 0 radical (unpaired) electrons. The zero-order valence-corrected chi connectivity index (χ0v) is 14.1. The first-order chi connectivity index (χ1) is 10.4. The number of furan rings is 1. The summed E-state index contributed by atoms with van der Waals surface area (Å²) in [5.74, 6) is 1.45. The largest absolute Gasteiger partial charge is 0.468 e. The van der Waals surface area contributed by atoms with Crippen molar-refractivity contribution in [3.63, 3.8) is 0 Å². The van der Waals surface area contributed by atoms with Gasteiger partial charge in [0, 0.05) is 19.6 Å². The number of carbonyl (C=O) groups is 1. The molecule has 124 valence electrons. The lowest BCUT2D eigenvalue weighted by Crippen LogP contribution is -2.36. The minimum Gasteiger partial charge on any atom is -0.468 e. The normalized spacial score (nSPS) is 20.2. The summed E-state index contributed by atoms with van der Waals surface area (Å²) < 4.78 is 10.9. The molecule has 0 saturated carbocycles. The van der Waals surface area contributed by atoms with Crippen molar-refractivity contribution in [2.24, 2.45) is 5.92 Å². The predicted octanol–water partition coefficient (Wildman–Crippen LogP) is 3.58.